The number of carbonyl (C=O) groups excluding carboxylic acids is 4. The first-order chi connectivity index (χ1) is 58.2. The second kappa shape index (κ2) is 31.1. The summed E-state index contributed by atoms with van der Waals surface area (Å²) in [5, 5.41) is -2.99. The van der Waals surface area contributed by atoms with Crippen molar-refractivity contribution in [3.63, 3.8) is 0 Å². The van der Waals surface area contributed by atoms with Crippen molar-refractivity contribution < 1.29 is 141 Å². The molecule has 0 radical (unpaired) electrons. The Morgan fingerprint density at radius 3 is 0.702 bits per heavy atom. The molecule has 640 valence electrons. The lowest BCUT2D eigenvalue weighted by atomic mass is 9.80. The highest BCUT2D eigenvalue weighted by atomic mass is 32.3. The third-order valence-electron chi connectivity index (χ3n) is 19.4. The number of nitrogens with zero attached hydrogens (tertiary/aromatic N) is 2. The molecule has 2 aliphatic heterocycles. The number of rotatable bonds is 28. The summed E-state index contributed by atoms with van der Waals surface area (Å²) in [7, 11) is -37.2. The third-order valence-corrected chi connectivity index (χ3v) is 25.8. The van der Waals surface area contributed by atoms with Crippen molar-refractivity contribution in [2.24, 2.45) is 23.6 Å². The molecule has 0 fully saturated rings. The van der Waals surface area contributed by atoms with Gasteiger partial charge in [-0.15, -0.1) is 0 Å². The summed E-state index contributed by atoms with van der Waals surface area (Å²) in [4.78, 5) is 61.3. The average Bonchev–Trinajstić information content (AvgIpc) is 0.670. The summed E-state index contributed by atoms with van der Waals surface area (Å²) in [6.45, 7) is 0. The molecule has 0 saturated heterocycles. The van der Waals surface area contributed by atoms with Crippen molar-refractivity contribution in [2.45, 2.75) is 19.6 Å². The molecule has 15 rings (SSSR count). The maximum absolute atomic E-state index is 15.6. The van der Waals surface area contributed by atoms with E-state index in [1.807, 2.05) is 18.9 Å². The lowest BCUT2D eigenvalue weighted by Gasteiger charge is -2.31. The normalized spacial score (nSPS) is 13.6. The summed E-state index contributed by atoms with van der Waals surface area (Å²) in [5.41, 5.74) is -4.12. The lowest BCUT2D eigenvalue weighted by Crippen LogP contribution is -2.37. The van der Waals surface area contributed by atoms with Crippen molar-refractivity contribution >= 4 is 171 Å². The van der Waals surface area contributed by atoms with Crippen LogP contribution in [0.2, 0.25) is 0 Å². The van der Waals surface area contributed by atoms with Crippen LogP contribution >= 0.6 is 0 Å². The van der Waals surface area contributed by atoms with Crippen LogP contribution in [0.3, 0.4) is 0 Å². The predicted octanol–water partition coefficient (Wildman–Crippen LogP) is 9.20. The van der Waals surface area contributed by atoms with Crippen LogP contribution in [0.1, 0.15) is 41.4 Å². The molecule has 16 N–H and O–H groups in total. The largest absolute Gasteiger partial charge is 0.456 e. The standard InChI is InChI=1S/C74H54N10O32S8/c1-83-71(85)51-31-59(109-55-23-15-41(81-123(103,104)105)27-47(55)35-3-11-39(12-4-35)79-121(97,98)99)65-66-60(110-56-24-16-42(82-124(106,107)108)28-48(56)36-5-13-40(14-6-36)80-122(100,101)102)32-52-64-54(74(88)84(2)72(52)86)34-62(112-58-26-22-46(120(95,96)116-78)30-50(58)38-9-19-44(20-10-38)118(91,92)114-76)68(70(64)66)67-61(33-53(73(83)87)63(51)69(65)67)111-57-25-21-45(119(93,94)115-77)29-49(57)37-7-17-43(18-8-37)117(89,90)113-75/h3-34,79-82H,75-78H2,1-2H3,(H,97,98,99)(H,100,101,102)(H,103,104,105)(H,106,107,108). The number of anilines is 4. The molecular weight excluding hydrogens is 1800 g/mol. The number of benzene rings is 13. The molecule has 0 unspecified atom stereocenters. The van der Waals surface area contributed by atoms with Gasteiger partial charge in [-0.2, -0.15) is 108 Å². The van der Waals surface area contributed by atoms with Crippen molar-refractivity contribution in [1.82, 2.24) is 9.80 Å². The fourth-order valence-corrected chi connectivity index (χ4v) is 18.3. The highest BCUT2D eigenvalue weighted by molar-refractivity contribution is 7.88. The van der Waals surface area contributed by atoms with E-state index in [1.165, 1.54) is 24.3 Å². The Hall–Kier alpha value is -13.0. The molecule has 4 amide bonds. The number of fused-ring (bicyclic) bond motifs is 2. The first-order valence-electron chi connectivity index (χ1n) is 34.4. The molecule has 124 heavy (non-hydrogen) atoms. The van der Waals surface area contributed by atoms with E-state index in [9.17, 15) is 85.6 Å². The first kappa shape index (κ1) is 85.9. The van der Waals surface area contributed by atoms with Crippen molar-refractivity contribution in [2.75, 3.05) is 33.0 Å². The van der Waals surface area contributed by atoms with E-state index >= 15 is 19.2 Å². The van der Waals surface area contributed by atoms with Gasteiger partial charge in [0.2, 0.25) is 0 Å². The van der Waals surface area contributed by atoms with Crippen molar-refractivity contribution in [3.8, 4) is 90.5 Å². The van der Waals surface area contributed by atoms with Crippen LogP contribution in [-0.4, -0.2) is 133 Å². The molecular formula is C74H54N10O32S8. The van der Waals surface area contributed by atoms with Crippen LogP contribution in [0, 0.1) is 0 Å². The molecule has 0 spiro atoms. The Balaban J connectivity index is 1.16. The number of imide groups is 2. The number of hydrogen-bond acceptors (Lipinski definition) is 32. The SMILES string of the molecule is CN1C(=O)c2cc(Oc3ccc(NS(=O)(=O)O)cc3-c3ccc(NS(=O)(=O)O)cc3)c3c4c(Oc5ccc(NS(=O)(=O)O)cc5-c5ccc(NS(=O)(=O)O)cc5)cc5c6c(cc(Oc7ccc(S(=O)(=O)ON)cc7-c7ccc(S(=O)(=O)ON)cc7)c(c7c(Oc8ccc(S(=O)(=O)ON)cc8-c8ccc(S(=O)(=O)ON)cc8)cc(c2c37)C1=O)c64)C(=O)N(C)C5=O. The van der Waals surface area contributed by atoms with Gasteiger partial charge in [0.25, 0.3) is 23.6 Å². The van der Waals surface area contributed by atoms with Crippen molar-refractivity contribution in [3.05, 3.63) is 216 Å². The quantitative estimate of drug-likeness (QED) is 0.00714. The van der Waals surface area contributed by atoms with Gasteiger partial charge < -0.3 is 18.9 Å². The molecule has 13 aromatic carbocycles. The topological polar surface area (TPSA) is 655 Å². The van der Waals surface area contributed by atoms with Gasteiger partial charge in [0.15, 0.2) is 0 Å². The molecule has 2 heterocycles. The Bertz CT molecular complexity index is 7380. The zero-order chi connectivity index (χ0) is 89.4. The van der Waals surface area contributed by atoms with E-state index in [4.69, 9.17) is 42.5 Å². The van der Waals surface area contributed by atoms with E-state index in [2.05, 4.69) is 17.1 Å². The highest BCUT2D eigenvalue weighted by Crippen LogP contribution is 2.59. The van der Waals surface area contributed by atoms with Gasteiger partial charge in [0.1, 0.15) is 46.0 Å². The minimum atomic E-state index is -5.14. The van der Waals surface area contributed by atoms with Gasteiger partial charge in [0, 0.05) is 79.4 Å². The van der Waals surface area contributed by atoms with Crippen LogP contribution in [0.15, 0.2) is 214 Å². The van der Waals surface area contributed by atoms with E-state index in [1.54, 1.807) is 0 Å². The number of ether oxygens (including phenoxy) is 4. The van der Waals surface area contributed by atoms with E-state index in [0.29, 0.717) is 9.80 Å². The van der Waals surface area contributed by atoms with Gasteiger partial charge in [-0.05, 0) is 168 Å². The first-order valence-corrected chi connectivity index (χ1v) is 45.8. The Labute approximate surface area is 700 Å². The maximum atomic E-state index is 15.6. The number of nitrogens with one attached hydrogen (secondary N) is 4. The lowest BCUT2D eigenvalue weighted by molar-refractivity contribution is 0.0635. The zero-order valence-corrected chi connectivity index (χ0v) is 68.7. The fraction of sp³-hybridized carbons (Fsp3) is 0.0270. The second-order valence-corrected chi connectivity index (χ2v) is 37.8. The number of hydrogen-bond donors (Lipinski definition) is 12. The zero-order valence-electron chi connectivity index (χ0n) is 62.2. The number of nitrogens with two attached hydrogens (primary N) is 4. The van der Waals surface area contributed by atoms with Crippen LogP contribution in [0.25, 0.3) is 87.6 Å². The summed E-state index contributed by atoms with van der Waals surface area (Å²) < 4.78 is 299. The molecule has 0 aliphatic carbocycles. The van der Waals surface area contributed by atoms with Gasteiger partial charge in [-0.25, -0.2) is 0 Å². The minimum absolute atomic E-state index is 0.00513. The summed E-state index contributed by atoms with van der Waals surface area (Å²) >= 11 is 0. The fourth-order valence-electron chi connectivity index (χ4n) is 14.2. The maximum Gasteiger partial charge on any atom is 0.357 e. The van der Waals surface area contributed by atoms with Gasteiger partial charge >= 0.3 is 81.7 Å². The molecule has 0 saturated carbocycles. The van der Waals surface area contributed by atoms with Crippen LogP contribution in [0.5, 0.6) is 46.0 Å². The Morgan fingerprint density at radius 2 is 0.452 bits per heavy atom. The number of carbonyl (C=O) groups is 4. The Kier molecular flexibility index (Phi) is 21.5. The van der Waals surface area contributed by atoms with Crippen LogP contribution in [0.4, 0.5) is 22.7 Å². The molecule has 13 aromatic rings. The molecule has 0 bridgehead atoms. The molecule has 2 aliphatic rings. The average molecular weight is 1850 g/mol. The molecule has 0 atom stereocenters. The monoisotopic (exact) mass is 1850 g/mol. The smallest absolute Gasteiger partial charge is 0.357 e. The summed E-state index contributed by atoms with van der Waals surface area (Å²) in [5.74, 6) is 12.6. The summed E-state index contributed by atoms with van der Waals surface area (Å²) in [6.07, 6.45) is 0. The second-order valence-electron chi connectivity index (χ2n) is 26.9. The minimum Gasteiger partial charge on any atom is -0.456 e. The molecule has 0 aromatic heterocycles. The van der Waals surface area contributed by atoms with E-state index in [0.717, 1.165) is 184 Å². The number of amides is 4. The van der Waals surface area contributed by atoms with Crippen LogP contribution in [-0.2, 0) is 98.8 Å². The van der Waals surface area contributed by atoms with Gasteiger partial charge in [0.05, 0.1) is 64.6 Å². The Morgan fingerprint density at radius 1 is 0.242 bits per heavy atom. The van der Waals surface area contributed by atoms with Crippen LogP contribution < -0.4 is 61.4 Å². The molecule has 42 nitrogen and oxygen atoms in total. The van der Waals surface area contributed by atoms with Crippen molar-refractivity contribution in [1.29, 1.82) is 0 Å². The van der Waals surface area contributed by atoms with E-state index < -0.39 is 192 Å². The molecule has 50 heteroatoms. The van der Waals surface area contributed by atoms with E-state index in [-0.39, 0.29) is 111 Å². The predicted molar refractivity (Wildman–Crippen MR) is 439 cm³/mol. The highest BCUT2D eigenvalue weighted by Gasteiger charge is 2.41. The third kappa shape index (κ3) is 16.3. The van der Waals surface area contributed by atoms with Gasteiger partial charge in [-0.1, -0.05) is 48.5 Å². The van der Waals surface area contributed by atoms with Gasteiger partial charge in [-0.3, -0.25) is 66.1 Å². The summed E-state index contributed by atoms with van der Waals surface area (Å²) in [6, 6.07) is 35.0.